The van der Waals surface area contributed by atoms with Crippen molar-refractivity contribution in [2.75, 3.05) is 7.05 Å². The smallest absolute Gasteiger partial charge is 0.0370 e. The van der Waals surface area contributed by atoms with Crippen LogP contribution in [0.15, 0.2) is 28.8 Å². The number of hydrogen-bond acceptors (Lipinski definition) is 1. The molecule has 0 fully saturated rings. The van der Waals surface area contributed by atoms with Crippen molar-refractivity contribution in [3.63, 3.8) is 0 Å². The molecule has 0 aromatic heterocycles. The van der Waals surface area contributed by atoms with E-state index < -0.39 is 0 Å². The lowest BCUT2D eigenvalue weighted by Gasteiger charge is -2.08. The van der Waals surface area contributed by atoms with Crippen molar-refractivity contribution in [2.24, 2.45) is 16.8 Å². The van der Waals surface area contributed by atoms with Crippen LogP contribution in [0, 0.1) is 11.8 Å². The molecule has 0 N–H and O–H groups in total. The highest BCUT2D eigenvalue weighted by Crippen LogP contribution is 2.12. The molecule has 0 aromatic rings. The lowest BCUT2D eigenvalue weighted by molar-refractivity contribution is 0.785. The Kier molecular flexibility index (Phi) is 7.02. The summed E-state index contributed by atoms with van der Waals surface area (Å²) < 4.78 is 0. The first-order valence-corrected chi connectivity index (χ1v) is 5.87. The molecular formula is C14H25N. The van der Waals surface area contributed by atoms with E-state index in [9.17, 15) is 0 Å². The fourth-order valence-corrected chi connectivity index (χ4v) is 1.44. The molecule has 0 atom stereocenters. The summed E-state index contributed by atoms with van der Waals surface area (Å²) in [5.41, 5.74) is 2.57. The quantitative estimate of drug-likeness (QED) is 0.472. The van der Waals surface area contributed by atoms with Crippen LogP contribution in [0.4, 0.5) is 0 Å². The summed E-state index contributed by atoms with van der Waals surface area (Å²) in [6, 6.07) is 0. The molecule has 0 aromatic carbocycles. The summed E-state index contributed by atoms with van der Waals surface area (Å²) in [5, 5.41) is 0. The largest absolute Gasteiger partial charge is 0.293 e. The van der Waals surface area contributed by atoms with E-state index >= 15 is 0 Å². The van der Waals surface area contributed by atoms with Crippen LogP contribution in [-0.4, -0.2) is 12.8 Å². The zero-order valence-corrected chi connectivity index (χ0v) is 11.0. The standard InChI is InChI=1S/C14H25N/c1-7-8-13(11(2)3)9-10-14(15-6)12(4)5/h8-12H,7H2,1-6H3/b10-9-,13-8-,15-14+. The molecule has 0 amide bonds. The SMILES string of the molecule is CC/C=C(/C=C\C(=N/C)C(C)C)C(C)C. The Morgan fingerprint density at radius 1 is 1.07 bits per heavy atom. The predicted molar refractivity (Wildman–Crippen MR) is 70.5 cm³/mol. The van der Waals surface area contributed by atoms with Gasteiger partial charge in [0.1, 0.15) is 0 Å². The number of nitrogens with zero attached hydrogens (tertiary/aromatic N) is 1. The first kappa shape index (κ1) is 14.2. The molecule has 0 spiro atoms. The van der Waals surface area contributed by atoms with Gasteiger partial charge in [-0.1, -0.05) is 46.8 Å². The highest BCUT2D eigenvalue weighted by molar-refractivity contribution is 5.96. The van der Waals surface area contributed by atoms with Gasteiger partial charge < -0.3 is 0 Å². The van der Waals surface area contributed by atoms with Crippen LogP contribution in [0.25, 0.3) is 0 Å². The number of hydrogen-bond donors (Lipinski definition) is 0. The molecule has 1 nitrogen and oxygen atoms in total. The molecule has 0 bridgehead atoms. The van der Waals surface area contributed by atoms with Gasteiger partial charge in [0.15, 0.2) is 0 Å². The fraction of sp³-hybridized carbons (Fsp3) is 0.643. The van der Waals surface area contributed by atoms with Crippen molar-refractivity contribution < 1.29 is 0 Å². The Morgan fingerprint density at radius 3 is 2.00 bits per heavy atom. The van der Waals surface area contributed by atoms with Crippen LogP contribution < -0.4 is 0 Å². The highest BCUT2D eigenvalue weighted by atomic mass is 14.7. The van der Waals surface area contributed by atoms with E-state index in [-0.39, 0.29) is 0 Å². The van der Waals surface area contributed by atoms with Gasteiger partial charge in [0, 0.05) is 12.8 Å². The summed E-state index contributed by atoms with van der Waals surface area (Å²) in [6.07, 6.45) is 7.73. The third-order valence-electron chi connectivity index (χ3n) is 2.40. The first-order valence-electron chi connectivity index (χ1n) is 5.87. The van der Waals surface area contributed by atoms with Crippen LogP contribution in [-0.2, 0) is 0 Å². The summed E-state index contributed by atoms with van der Waals surface area (Å²) in [5.74, 6) is 1.09. The molecule has 0 radical (unpaired) electrons. The van der Waals surface area contributed by atoms with Gasteiger partial charge in [0.2, 0.25) is 0 Å². The molecule has 0 saturated heterocycles. The molecule has 0 unspecified atom stereocenters. The molecule has 0 aliphatic heterocycles. The van der Waals surface area contributed by atoms with Crippen LogP contribution >= 0.6 is 0 Å². The van der Waals surface area contributed by atoms with Crippen LogP contribution in [0.1, 0.15) is 41.0 Å². The van der Waals surface area contributed by atoms with Crippen molar-refractivity contribution >= 4 is 5.71 Å². The first-order chi connectivity index (χ1) is 7.02. The molecule has 0 rings (SSSR count). The summed E-state index contributed by atoms with van der Waals surface area (Å²) in [4.78, 5) is 4.28. The highest BCUT2D eigenvalue weighted by Gasteiger charge is 2.01. The minimum absolute atomic E-state index is 0.501. The average molecular weight is 207 g/mol. The molecule has 0 heterocycles. The lowest BCUT2D eigenvalue weighted by atomic mass is 9.99. The second-order valence-corrected chi connectivity index (χ2v) is 4.40. The molecule has 86 valence electrons. The minimum Gasteiger partial charge on any atom is -0.293 e. The number of allylic oxidation sites excluding steroid dienone is 4. The summed E-state index contributed by atoms with van der Waals surface area (Å²) in [6.45, 7) is 11.0. The Bertz CT molecular complexity index is 255. The van der Waals surface area contributed by atoms with Gasteiger partial charge in [-0.05, 0) is 29.9 Å². The van der Waals surface area contributed by atoms with Gasteiger partial charge in [0.25, 0.3) is 0 Å². The number of rotatable bonds is 5. The van der Waals surface area contributed by atoms with E-state index in [4.69, 9.17) is 0 Å². The Balaban J connectivity index is 4.67. The van der Waals surface area contributed by atoms with Crippen molar-refractivity contribution in [3.8, 4) is 0 Å². The maximum absolute atomic E-state index is 4.28. The van der Waals surface area contributed by atoms with E-state index in [0.29, 0.717) is 11.8 Å². The van der Waals surface area contributed by atoms with E-state index in [1.165, 1.54) is 5.57 Å². The third kappa shape index (κ3) is 5.56. The Labute approximate surface area is 95.0 Å². The summed E-state index contributed by atoms with van der Waals surface area (Å²) >= 11 is 0. The maximum atomic E-state index is 4.28. The second kappa shape index (κ2) is 7.44. The molecule has 0 aliphatic rings. The molecule has 1 heteroatoms. The fourth-order valence-electron chi connectivity index (χ4n) is 1.44. The van der Waals surface area contributed by atoms with Crippen molar-refractivity contribution in [3.05, 3.63) is 23.8 Å². The van der Waals surface area contributed by atoms with E-state index in [1.807, 2.05) is 7.05 Å². The maximum Gasteiger partial charge on any atom is 0.0370 e. The van der Waals surface area contributed by atoms with Crippen molar-refractivity contribution in [2.45, 2.75) is 41.0 Å². The average Bonchev–Trinajstić information content (AvgIpc) is 2.16. The molecule has 0 saturated carbocycles. The monoisotopic (exact) mass is 207 g/mol. The lowest BCUT2D eigenvalue weighted by Crippen LogP contribution is -2.04. The van der Waals surface area contributed by atoms with Gasteiger partial charge >= 0.3 is 0 Å². The topological polar surface area (TPSA) is 12.4 Å². The molecule has 0 aliphatic carbocycles. The summed E-state index contributed by atoms with van der Waals surface area (Å²) in [7, 11) is 1.86. The van der Waals surface area contributed by atoms with E-state index in [2.05, 4.69) is 57.8 Å². The van der Waals surface area contributed by atoms with Gasteiger partial charge in [-0.2, -0.15) is 0 Å². The van der Waals surface area contributed by atoms with Gasteiger partial charge in [-0.15, -0.1) is 0 Å². The normalized spacial score (nSPS) is 14.7. The van der Waals surface area contributed by atoms with Crippen LogP contribution in [0.5, 0.6) is 0 Å². The Hall–Kier alpha value is -0.850. The zero-order chi connectivity index (χ0) is 11.8. The predicted octanol–water partition coefficient (Wildman–Crippen LogP) is 4.26. The van der Waals surface area contributed by atoms with Crippen LogP contribution in [0.2, 0.25) is 0 Å². The second-order valence-electron chi connectivity index (χ2n) is 4.40. The molecular weight excluding hydrogens is 182 g/mol. The molecule has 15 heavy (non-hydrogen) atoms. The van der Waals surface area contributed by atoms with Gasteiger partial charge in [0.05, 0.1) is 0 Å². The number of aliphatic imine (C=N–C) groups is 1. The zero-order valence-electron chi connectivity index (χ0n) is 11.0. The minimum atomic E-state index is 0.501. The third-order valence-corrected chi connectivity index (χ3v) is 2.40. The van der Waals surface area contributed by atoms with Gasteiger partial charge in [-0.25, -0.2) is 0 Å². The van der Waals surface area contributed by atoms with Crippen LogP contribution in [0.3, 0.4) is 0 Å². The Morgan fingerprint density at radius 2 is 1.67 bits per heavy atom. The van der Waals surface area contributed by atoms with Gasteiger partial charge in [-0.3, -0.25) is 4.99 Å². The van der Waals surface area contributed by atoms with E-state index in [1.54, 1.807) is 0 Å². The van der Waals surface area contributed by atoms with E-state index in [0.717, 1.165) is 12.1 Å². The van der Waals surface area contributed by atoms with Crippen molar-refractivity contribution in [1.82, 2.24) is 0 Å². The van der Waals surface area contributed by atoms with Crippen molar-refractivity contribution in [1.29, 1.82) is 0 Å².